The smallest absolute Gasteiger partial charge is 0.148 e. The van der Waals surface area contributed by atoms with Gasteiger partial charge in [-0.3, -0.25) is 0 Å². The van der Waals surface area contributed by atoms with E-state index in [1.807, 2.05) is 0 Å². The lowest BCUT2D eigenvalue weighted by Gasteiger charge is -2.25. The Morgan fingerprint density at radius 1 is 1.11 bits per heavy atom. The molecule has 0 aliphatic rings. The molecule has 102 valence electrons. The van der Waals surface area contributed by atoms with Crippen LogP contribution in [0.25, 0.3) is 0 Å². The van der Waals surface area contributed by atoms with Crippen LogP contribution in [0.3, 0.4) is 0 Å². The van der Waals surface area contributed by atoms with Gasteiger partial charge < -0.3 is 10.3 Å². The molecule has 18 heavy (non-hydrogen) atoms. The van der Waals surface area contributed by atoms with Crippen molar-refractivity contribution in [1.29, 1.82) is 0 Å². The largest absolute Gasteiger partial charge is 0.356 e. The number of aromatic nitrogens is 2. The number of nitrogens with zero attached hydrogens (tertiary/aromatic N) is 3. The van der Waals surface area contributed by atoms with Gasteiger partial charge in [0.25, 0.3) is 0 Å². The molecule has 0 unspecified atom stereocenters. The standard InChI is InChI=1S/C13H25N5/c1-4-7-11-12(17-14)15-10-16-13(11)18(8-5-2)9-6-3/h10H,4-9,14H2,1-3H3,(H,15,16,17). The van der Waals surface area contributed by atoms with Gasteiger partial charge in [-0.05, 0) is 19.3 Å². The van der Waals surface area contributed by atoms with E-state index >= 15 is 0 Å². The second-order valence-electron chi connectivity index (χ2n) is 4.41. The molecule has 0 fully saturated rings. The SMILES string of the molecule is CCCc1c(NN)ncnc1N(CCC)CCC. The zero-order chi connectivity index (χ0) is 13.4. The van der Waals surface area contributed by atoms with Crippen LogP contribution < -0.4 is 16.2 Å². The molecule has 1 rings (SSSR count). The summed E-state index contributed by atoms with van der Waals surface area (Å²) in [5.74, 6) is 7.32. The summed E-state index contributed by atoms with van der Waals surface area (Å²) in [7, 11) is 0. The van der Waals surface area contributed by atoms with Gasteiger partial charge >= 0.3 is 0 Å². The topological polar surface area (TPSA) is 67.1 Å². The average Bonchev–Trinajstić information content (AvgIpc) is 2.39. The minimum atomic E-state index is 0.749. The van der Waals surface area contributed by atoms with Crippen molar-refractivity contribution < 1.29 is 0 Å². The fourth-order valence-electron chi connectivity index (χ4n) is 2.14. The fourth-order valence-corrected chi connectivity index (χ4v) is 2.14. The molecule has 0 atom stereocenters. The number of hydrogen-bond donors (Lipinski definition) is 2. The molecule has 0 aliphatic heterocycles. The van der Waals surface area contributed by atoms with Gasteiger partial charge in [0.15, 0.2) is 0 Å². The van der Waals surface area contributed by atoms with E-state index in [1.165, 1.54) is 0 Å². The molecule has 0 aromatic carbocycles. The zero-order valence-corrected chi connectivity index (χ0v) is 11.7. The molecule has 1 aromatic heterocycles. The van der Waals surface area contributed by atoms with Crippen molar-refractivity contribution in [3.05, 3.63) is 11.9 Å². The predicted octanol–water partition coefficient (Wildman–Crippen LogP) is 2.34. The molecule has 0 radical (unpaired) electrons. The van der Waals surface area contributed by atoms with Gasteiger partial charge in [-0.15, -0.1) is 0 Å². The number of anilines is 2. The first-order valence-corrected chi connectivity index (χ1v) is 6.83. The summed E-state index contributed by atoms with van der Waals surface area (Å²) in [5, 5.41) is 0. The number of nitrogens with one attached hydrogen (secondary N) is 1. The summed E-state index contributed by atoms with van der Waals surface area (Å²) < 4.78 is 0. The summed E-state index contributed by atoms with van der Waals surface area (Å²) in [6, 6.07) is 0. The van der Waals surface area contributed by atoms with Crippen molar-refractivity contribution in [2.45, 2.75) is 46.5 Å². The normalized spacial score (nSPS) is 10.4. The first kappa shape index (κ1) is 14.7. The third-order valence-corrected chi connectivity index (χ3v) is 2.85. The zero-order valence-electron chi connectivity index (χ0n) is 11.7. The highest BCUT2D eigenvalue weighted by atomic mass is 15.3. The molecule has 0 saturated heterocycles. The Kier molecular flexibility index (Phi) is 6.43. The van der Waals surface area contributed by atoms with Crippen LogP contribution >= 0.6 is 0 Å². The van der Waals surface area contributed by atoms with Crippen LogP contribution in [-0.4, -0.2) is 23.1 Å². The molecular formula is C13H25N5. The number of rotatable bonds is 8. The number of nitrogen functional groups attached to an aromatic ring is 1. The van der Waals surface area contributed by atoms with Crippen LogP contribution in [0, 0.1) is 0 Å². The molecule has 3 N–H and O–H groups in total. The predicted molar refractivity (Wildman–Crippen MR) is 76.6 cm³/mol. The van der Waals surface area contributed by atoms with Gasteiger partial charge in [0.05, 0.1) is 0 Å². The Morgan fingerprint density at radius 2 is 1.78 bits per heavy atom. The van der Waals surface area contributed by atoms with E-state index in [4.69, 9.17) is 5.84 Å². The highest BCUT2D eigenvalue weighted by Gasteiger charge is 2.15. The van der Waals surface area contributed by atoms with Gasteiger partial charge in [0.1, 0.15) is 18.0 Å². The third kappa shape index (κ3) is 3.57. The van der Waals surface area contributed by atoms with Crippen molar-refractivity contribution >= 4 is 11.6 Å². The van der Waals surface area contributed by atoms with Crippen LogP contribution in [0.5, 0.6) is 0 Å². The maximum atomic E-state index is 5.54. The monoisotopic (exact) mass is 251 g/mol. The van der Waals surface area contributed by atoms with Crippen LogP contribution in [0.1, 0.15) is 45.6 Å². The summed E-state index contributed by atoms with van der Waals surface area (Å²) in [5.41, 5.74) is 3.81. The lowest BCUT2D eigenvalue weighted by molar-refractivity contribution is 0.723. The quantitative estimate of drug-likeness (QED) is 0.548. The van der Waals surface area contributed by atoms with Crippen molar-refractivity contribution in [3.8, 4) is 0 Å². The Balaban J connectivity index is 3.09. The van der Waals surface area contributed by atoms with Gasteiger partial charge in [-0.2, -0.15) is 0 Å². The second kappa shape index (κ2) is 7.87. The molecule has 0 saturated carbocycles. The van der Waals surface area contributed by atoms with E-state index in [2.05, 4.69) is 41.1 Å². The van der Waals surface area contributed by atoms with E-state index in [1.54, 1.807) is 6.33 Å². The maximum absolute atomic E-state index is 5.54. The maximum Gasteiger partial charge on any atom is 0.148 e. The molecule has 0 bridgehead atoms. The lowest BCUT2D eigenvalue weighted by atomic mass is 10.1. The molecular weight excluding hydrogens is 226 g/mol. The fraction of sp³-hybridized carbons (Fsp3) is 0.692. The summed E-state index contributed by atoms with van der Waals surface area (Å²) in [6.45, 7) is 8.56. The molecule has 1 aromatic rings. The minimum Gasteiger partial charge on any atom is -0.356 e. The van der Waals surface area contributed by atoms with Crippen molar-refractivity contribution in [1.82, 2.24) is 9.97 Å². The molecule has 0 amide bonds. The minimum absolute atomic E-state index is 0.749. The third-order valence-electron chi connectivity index (χ3n) is 2.85. The summed E-state index contributed by atoms with van der Waals surface area (Å²) >= 11 is 0. The average molecular weight is 251 g/mol. The van der Waals surface area contributed by atoms with Crippen molar-refractivity contribution in [2.24, 2.45) is 5.84 Å². The van der Waals surface area contributed by atoms with Gasteiger partial charge in [-0.25, -0.2) is 15.8 Å². The number of hydrazine groups is 1. The first-order valence-electron chi connectivity index (χ1n) is 6.83. The molecule has 0 spiro atoms. The van der Waals surface area contributed by atoms with Crippen molar-refractivity contribution in [2.75, 3.05) is 23.4 Å². The van der Waals surface area contributed by atoms with E-state index in [0.717, 1.165) is 56.0 Å². The molecule has 0 aliphatic carbocycles. The van der Waals surface area contributed by atoms with Crippen LogP contribution in [-0.2, 0) is 6.42 Å². The Morgan fingerprint density at radius 3 is 2.28 bits per heavy atom. The Hall–Kier alpha value is -1.36. The van der Waals surface area contributed by atoms with E-state index in [9.17, 15) is 0 Å². The van der Waals surface area contributed by atoms with Gasteiger partial charge in [0, 0.05) is 18.7 Å². The highest BCUT2D eigenvalue weighted by molar-refractivity contribution is 5.58. The second-order valence-corrected chi connectivity index (χ2v) is 4.41. The van der Waals surface area contributed by atoms with Gasteiger partial charge in [-0.1, -0.05) is 27.2 Å². The van der Waals surface area contributed by atoms with Gasteiger partial charge in [0.2, 0.25) is 0 Å². The number of hydrogen-bond acceptors (Lipinski definition) is 5. The van der Waals surface area contributed by atoms with E-state index in [-0.39, 0.29) is 0 Å². The molecule has 1 heterocycles. The molecule has 5 heteroatoms. The Bertz CT molecular complexity index is 347. The van der Waals surface area contributed by atoms with E-state index in [0.29, 0.717) is 0 Å². The Labute approximate surface area is 110 Å². The summed E-state index contributed by atoms with van der Waals surface area (Å²) in [6.07, 6.45) is 5.81. The van der Waals surface area contributed by atoms with Crippen LogP contribution in [0.15, 0.2) is 6.33 Å². The lowest BCUT2D eigenvalue weighted by Crippen LogP contribution is -2.28. The van der Waals surface area contributed by atoms with Crippen molar-refractivity contribution in [3.63, 3.8) is 0 Å². The molecule has 5 nitrogen and oxygen atoms in total. The number of nitrogens with two attached hydrogens (primary N) is 1. The highest BCUT2D eigenvalue weighted by Crippen LogP contribution is 2.24. The first-order chi connectivity index (χ1) is 8.78. The van der Waals surface area contributed by atoms with Crippen LogP contribution in [0.4, 0.5) is 11.6 Å². The van der Waals surface area contributed by atoms with Crippen LogP contribution in [0.2, 0.25) is 0 Å². The summed E-state index contributed by atoms with van der Waals surface area (Å²) in [4.78, 5) is 11.0. The van der Waals surface area contributed by atoms with E-state index < -0.39 is 0 Å².